The summed E-state index contributed by atoms with van der Waals surface area (Å²) in [5, 5.41) is -0.220. The van der Waals surface area contributed by atoms with Gasteiger partial charge in [0.25, 0.3) is 0 Å². The Hall–Kier alpha value is -1.91. The molecule has 0 bridgehead atoms. The predicted octanol–water partition coefficient (Wildman–Crippen LogP) is 5.47. The van der Waals surface area contributed by atoms with Gasteiger partial charge in [-0.2, -0.15) is 0 Å². The van der Waals surface area contributed by atoms with Crippen LogP contribution in [0, 0.1) is 13.8 Å². The van der Waals surface area contributed by atoms with Crippen LogP contribution in [0.25, 0.3) is 0 Å². The summed E-state index contributed by atoms with van der Waals surface area (Å²) in [6.45, 7) is 4.26. The van der Waals surface area contributed by atoms with E-state index in [0.717, 1.165) is 0 Å². The zero-order chi connectivity index (χ0) is 15.6. The first-order valence-electron chi connectivity index (χ1n) is 7.59. The first-order chi connectivity index (χ1) is 10.6. The molecule has 0 amide bonds. The highest BCUT2D eigenvalue weighted by Crippen LogP contribution is 2.44. The second-order valence-electron chi connectivity index (χ2n) is 5.91. The van der Waals surface area contributed by atoms with Crippen molar-refractivity contribution in [3.8, 4) is 0 Å². The van der Waals surface area contributed by atoms with E-state index in [1.54, 1.807) is 0 Å². The molecule has 0 nitrogen and oxygen atoms in total. The van der Waals surface area contributed by atoms with Crippen LogP contribution in [-0.4, -0.2) is 0 Å². The van der Waals surface area contributed by atoms with Gasteiger partial charge in [0.15, 0.2) is 0 Å². The summed E-state index contributed by atoms with van der Waals surface area (Å²) < 4.78 is 0. The van der Waals surface area contributed by atoms with Crippen LogP contribution in [0.15, 0.2) is 78.9 Å². The molecule has 0 fully saturated rings. The Kier molecular flexibility index (Phi) is 4.14. The Morgan fingerprint density at radius 3 is 1.32 bits per heavy atom. The fraction of sp³-hybridized carbons (Fsp3) is 0.143. The zero-order valence-electron chi connectivity index (χ0n) is 13.1. The SMILES string of the molecule is Cc1ccc(C(P)(c2ccccc2)c2ccc(C)cc2)cc1. The summed E-state index contributed by atoms with van der Waals surface area (Å²) in [5.74, 6) is 0. The molecule has 0 heterocycles. The molecule has 0 aliphatic heterocycles. The Bertz CT molecular complexity index is 695. The van der Waals surface area contributed by atoms with Crippen molar-refractivity contribution >= 4 is 9.24 Å². The number of benzene rings is 3. The van der Waals surface area contributed by atoms with Gasteiger partial charge < -0.3 is 0 Å². The highest BCUT2D eigenvalue weighted by molar-refractivity contribution is 7.19. The molecular formula is C21H21P. The van der Waals surface area contributed by atoms with Crippen molar-refractivity contribution < 1.29 is 0 Å². The van der Waals surface area contributed by atoms with Gasteiger partial charge >= 0.3 is 0 Å². The standard InChI is InChI=1S/C21H21P/c1-16-8-12-19(13-9-16)21(22,18-6-4-3-5-7-18)20-14-10-17(2)11-15-20/h3-15H,22H2,1-2H3. The Labute approximate surface area is 135 Å². The quantitative estimate of drug-likeness (QED) is 0.444. The van der Waals surface area contributed by atoms with Crippen LogP contribution >= 0.6 is 9.24 Å². The highest BCUT2D eigenvalue weighted by atomic mass is 31.0. The molecule has 0 spiro atoms. The van der Waals surface area contributed by atoms with E-state index in [9.17, 15) is 0 Å². The highest BCUT2D eigenvalue weighted by Gasteiger charge is 2.31. The average Bonchev–Trinajstić information content (AvgIpc) is 2.56. The van der Waals surface area contributed by atoms with Crippen LogP contribution in [-0.2, 0) is 5.16 Å². The molecule has 3 aromatic rings. The smallest absolute Gasteiger partial charge is 0.0591 e. The van der Waals surface area contributed by atoms with E-state index in [0.29, 0.717) is 0 Å². The summed E-state index contributed by atoms with van der Waals surface area (Å²) >= 11 is 0. The van der Waals surface area contributed by atoms with Gasteiger partial charge in [-0.3, -0.25) is 0 Å². The molecule has 0 N–H and O–H groups in total. The van der Waals surface area contributed by atoms with Gasteiger partial charge in [-0.1, -0.05) is 90.0 Å². The van der Waals surface area contributed by atoms with Crippen molar-refractivity contribution in [3.63, 3.8) is 0 Å². The molecule has 0 radical (unpaired) electrons. The third-order valence-corrected chi connectivity index (χ3v) is 5.24. The van der Waals surface area contributed by atoms with Crippen molar-refractivity contribution in [2.24, 2.45) is 0 Å². The molecule has 0 aromatic heterocycles. The molecule has 3 rings (SSSR count). The third-order valence-electron chi connectivity index (χ3n) is 4.24. The Morgan fingerprint density at radius 1 is 0.545 bits per heavy atom. The summed E-state index contributed by atoms with van der Waals surface area (Å²) in [7, 11) is 3.09. The predicted molar refractivity (Wildman–Crippen MR) is 98.4 cm³/mol. The van der Waals surface area contributed by atoms with Crippen LogP contribution in [0.4, 0.5) is 0 Å². The minimum atomic E-state index is -0.220. The van der Waals surface area contributed by atoms with Crippen LogP contribution in [0.5, 0.6) is 0 Å². The van der Waals surface area contributed by atoms with Crippen LogP contribution in [0.3, 0.4) is 0 Å². The monoisotopic (exact) mass is 304 g/mol. The van der Waals surface area contributed by atoms with Crippen LogP contribution in [0.1, 0.15) is 27.8 Å². The minimum absolute atomic E-state index is 0.220. The first-order valence-corrected chi connectivity index (χ1v) is 8.17. The lowest BCUT2D eigenvalue weighted by Crippen LogP contribution is -2.21. The summed E-state index contributed by atoms with van der Waals surface area (Å²) in [6.07, 6.45) is 0. The van der Waals surface area contributed by atoms with E-state index in [1.165, 1.54) is 27.8 Å². The van der Waals surface area contributed by atoms with Crippen molar-refractivity contribution in [2.75, 3.05) is 0 Å². The van der Waals surface area contributed by atoms with E-state index in [2.05, 4.69) is 102 Å². The second kappa shape index (κ2) is 6.07. The molecule has 0 saturated heterocycles. The van der Waals surface area contributed by atoms with Crippen LogP contribution in [0.2, 0.25) is 0 Å². The number of hydrogen-bond acceptors (Lipinski definition) is 0. The maximum atomic E-state index is 3.09. The molecule has 3 aromatic carbocycles. The summed E-state index contributed by atoms with van der Waals surface area (Å²) in [5.41, 5.74) is 6.44. The van der Waals surface area contributed by atoms with Gasteiger partial charge in [-0.15, -0.1) is 9.24 Å². The van der Waals surface area contributed by atoms with E-state index >= 15 is 0 Å². The Morgan fingerprint density at radius 2 is 0.909 bits per heavy atom. The van der Waals surface area contributed by atoms with Gasteiger partial charge in [-0.05, 0) is 30.5 Å². The first kappa shape index (κ1) is 15.0. The molecular weight excluding hydrogens is 283 g/mol. The lowest BCUT2D eigenvalue weighted by molar-refractivity contribution is 0.895. The van der Waals surface area contributed by atoms with Gasteiger partial charge in [0.2, 0.25) is 0 Å². The van der Waals surface area contributed by atoms with E-state index in [1.807, 2.05) is 0 Å². The second-order valence-corrected chi connectivity index (χ2v) is 6.77. The average molecular weight is 304 g/mol. The fourth-order valence-electron chi connectivity index (χ4n) is 2.83. The van der Waals surface area contributed by atoms with Gasteiger partial charge in [0.1, 0.15) is 0 Å². The number of rotatable bonds is 3. The molecule has 110 valence electrons. The topological polar surface area (TPSA) is 0 Å². The van der Waals surface area contributed by atoms with Gasteiger partial charge in [-0.25, -0.2) is 0 Å². The zero-order valence-corrected chi connectivity index (χ0v) is 14.2. The fourth-order valence-corrected chi connectivity index (χ4v) is 3.41. The summed E-state index contributed by atoms with van der Waals surface area (Å²) in [6, 6.07) is 28.4. The van der Waals surface area contributed by atoms with Crippen molar-refractivity contribution in [1.82, 2.24) is 0 Å². The molecule has 1 atom stereocenters. The van der Waals surface area contributed by atoms with Crippen molar-refractivity contribution in [2.45, 2.75) is 19.0 Å². The normalized spacial score (nSPS) is 11.4. The minimum Gasteiger partial charge on any atom is -0.117 e. The van der Waals surface area contributed by atoms with E-state index in [-0.39, 0.29) is 5.16 Å². The van der Waals surface area contributed by atoms with Crippen LogP contribution < -0.4 is 0 Å². The molecule has 1 unspecified atom stereocenters. The maximum Gasteiger partial charge on any atom is 0.0591 e. The van der Waals surface area contributed by atoms with Crippen molar-refractivity contribution in [3.05, 3.63) is 107 Å². The molecule has 0 aliphatic carbocycles. The van der Waals surface area contributed by atoms with Crippen molar-refractivity contribution in [1.29, 1.82) is 0 Å². The van der Waals surface area contributed by atoms with E-state index in [4.69, 9.17) is 0 Å². The number of aryl methyl sites for hydroxylation is 2. The summed E-state index contributed by atoms with van der Waals surface area (Å²) in [4.78, 5) is 0. The Balaban J connectivity index is 2.22. The largest absolute Gasteiger partial charge is 0.117 e. The molecule has 0 saturated carbocycles. The lowest BCUT2D eigenvalue weighted by atomic mass is 9.83. The molecule has 1 heteroatoms. The molecule has 22 heavy (non-hydrogen) atoms. The maximum absolute atomic E-state index is 3.09. The third kappa shape index (κ3) is 2.72. The van der Waals surface area contributed by atoms with E-state index < -0.39 is 0 Å². The lowest BCUT2D eigenvalue weighted by Gasteiger charge is -2.32. The van der Waals surface area contributed by atoms with Gasteiger partial charge in [0, 0.05) is 0 Å². The molecule has 0 aliphatic rings. The van der Waals surface area contributed by atoms with Gasteiger partial charge in [0.05, 0.1) is 5.16 Å². The number of hydrogen-bond donors (Lipinski definition) is 0.